The van der Waals surface area contributed by atoms with Crippen LogP contribution in [0.1, 0.15) is 21.7 Å². The lowest BCUT2D eigenvalue weighted by atomic mass is 10.1. The van der Waals surface area contributed by atoms with Gasteiger partial charge in [-0.1, -0.05) is 12.1 Å². The number of aromatic nitrogens is 2. The maximum absolute atomic E-state index is 12.4. The van der Waals surface area contributed by atoms with E-state index in [0.29, 0.717) is 5.69 Å². The van der Waals surface area contributed by atoms with Gasteiger partial charge in [0.1, 0.15) is 5.69 Å². The fourth-order valence-corrected chi connectivity index (χ4v) is 1.79. The highest BCUT2D eigenvalue weighted by molar-refractivity contribution is 6.05. The third kappa shape index (κ3) is 5.55. The van der Waals surface area contributed by atoms with Crippen LogP contribution in [0.25, 0.3) is 6.08 Å². The predicted octanol–water partition coefficient (Wildman–Crippen LogP) is 3.88. The lowest BCUT2D eigenvalue weighted by molar-refractivity contribution is -0.0692. The summed E-state index contributed by atoms with van der Waals surface area (Å²) in [6, 6.07) is 3.40. The molecule has 0 saturated carbocycles. The molecule has 1 heterocycles. The maximum Gasteiger partial charge on any atom is 0.387 e. The monoisotopic (exact) mass is 356 g/mol. The van der Waals surface area contributed by atoms with Crippen molar-refractivity contribution >= 4 is 11.9 Å². The lowest BCUT2D eigenvalue weighted by Crippen LogP contribution is -2.07. The molecule has 0 bridgehead atoms. The summed E-state index contributed by atoms with van der Waals surface area (Å²) >= 11 is 0. The molecular formula is C16H12F4N2O3. The zero-order valence-corrected chi connectivity index (χ0v) is 12.8. The molecule has 0 fully saturated rings. The molecule has 132 valence electrons. The van der Waals surface area contributed by atoms with Gasteiger partial charge in [-0.2, -0.15) is 17.6 Å². The Bertz CT molecular complexity index is 764. The Labute approximate surface area is 139 Å². The number of nitrogens with zero attached hydrogens (tertiary/aromatic N) is 2. The van der Waals surface area contributed by atoms with Crippen LogP contribution in [0, 0.1) is 6.92 Å². The number of hydrogen-bond donors (Lipinski definition) is 0. The van der Waals surface area contributed by atoms with Crippen LogP contribution in [0.15, 0.2) is 36.7 Å². The molecule has 0 saturated heterocycles. The van der Waals surface area contributed by atoms with E-state index in [4.69, 9.17) is 0 Å². The molecule has 0 aliphatic rings. The van der Waals surface area contributed by atoms with Gasteiger partial charge in [-0.15, -0.1) is 0 Å². The van der Waals surface area contributed by atoms with Gasteiger partial charge in [0.25, 0.3) is 0 Å². The summed E-state index contributed by atoms with van der Waals surface area (Å²) in [6.45, 7) is -4.70. The van der Waals surface area contributed by atoms with Crippen LogP contribution in [-0.2, 0) is 0 Å². The fraction of sp³-hybridized carbons (Fsp3) is 0.188. The minimum Gasteiger partial charge on any atom is -0.431 e. The predicted molar refractivity (Wildman–Crippen MR) is 79.8 cm³/mol. The van der Waals surface area contributed by atoms with Gasteiger partial charge in [-0.05, 0) is 30.7 Å². The van der Waals surface area contributed by atoms with E-state index in [1.807, 2.05) is 0 Å². The first kappa shape index (κ1) is 18.4. The summed E-state index contributed by atoms with van der Waals surface area (Å²) in [7, 11) is 0. The summed E-state index contributed by atoms with van der Waals surface area (Å²) < 4.78 is 57.6. The van der Waals surface area contributed by atoms with E-state index >= 15 is 0 Å². The summed E-state index contributed by atoms with van der Waals surface area (Å²) in [5.74, 6) is -1.57. The first-order chi connectivity index (χ1) is 11.8. The molecule has 2 rings (SSSR count). The Kier molecular flexibility index (Phi) is 6.04. The molecule has 0 amide bonds. The van der Waals surface area contributed by atoms with Gasteiger partial charge < -0.3 is 9.47 Å². The number of hydrogen-bond acceptors (Lipinski definition) is 5. The second-order valence-corrected chi connectivity index (χ2v) is 4.70. The van der Waals surface area contributed by atoms with Crippen molar-refractivity contribution in [1.82, 2.24) is 9.97 Å². The normalized spacial score (nSPS) is 11.3. The van der Waals surface area contributed by atoms with Gasteiger partial charge >= 0.3 is 13.2 Å². The number of halogens is 4. The number of rotatable bonds is 7. The van der Waals surface area contributed by atoms with Crippen LogP contribution in [0.4, 0.5) is 17.6 Å². The molecule has 0 spiro atoms. The Hall–Kier alpha value is -2.97. The Morgan fingerprint density at radius 1 is 1.04 bits per heavy atom. The number of allylic oxidation sites excluding steroid dienone is 1. The third-order valence-electron chi connectivity index (χ3n) is 2.86. The molecule has 9 heteroatoms. The highest BCUT2D eigenvalue weighted by Crippen LogP contribution is 2.31. The van der Waals surface area contributed by atoms with E-state index in [-0.39, 0.29) is 11.3 Å². The molecule has 1 aromatic heterocycles. The zero-order chi connectivity index (χ0) is 18.4. The van der Waals surface area contributed by atoms with Crippen molar-refractivity contribution in [3.63, 3.8) is 0 Å². The van der Waals surface area contributed by atoms with E-state index in [1.165, 1.54) is 24.5 Å². The van der Waals surface area contributed by atoms with Gasteiger partial charge in [0, 0.05) is 6.20 Å². The van der Waals surface area contributed by atoms with E-state index in [1.54, 1.807) is 6.92 Å². The van der Waals surface area contributed by atoms with E-state index in [9.17, 15) is 22.4 Å². The van der Waals surface area contributed by atoms with E-state index in [2.05, 4.69) is 19.4 Å². The molecule has 0 aliphatic heterocycles. The molecule has 0 atom stereocenters. The number of benzene rings is 1. The van der Waals surface area contributed by atoms with Crippen LogP contribution in [0.2, 0.25) is 0 Å². The van der Waals surface area contributed by atoms with Crippen molar-refractivity contribution in [1.29, 1.82) is 0 Å². The molecular weight excluding hydrogens is 344 g/mol. The second kappa shape index (κ2) is 8.22. The molecule has 25 heavy (non-hydrogen) atoms. The van der Waals surface area contributed by atoms with Crippen LogP contribution >= 0.6 is 0 Å². The summed E-state index contributed by atoms with van der Waals surface area (Å²) in [6.07, 6.45) is 5.17. The fourth-order valence-electron chi connectivity index (χ4n) is 1.79. The standard InChI is InChI=1S/C16H12F4N2O3/c1-9-7-22-11(8-21-9)12(23)4-2-10-3-5-13(24-15(17)18)14(6-10)25-16(19)20/h2-8,15-16H,1H3/b4-2+. The number of carbonyl (C=O) groups is 1. The highest BCUT2D eigenvalue weighted by Gasteiger charge is 2.15. The number of ether oxygens (including phenoxy) is 2. The van der Waals surface area contributed by atoms with Crippen molar-refractivity contribution in [2.45, 2.75) is 20.1 Å². The lowest BCUT2D eigenvalue weighted by Gasteiger charge is -2.12. The molecule has 0 aliphatic carbocycles. The molecule has 0 radical (unpaired) electrons. The average Bonchev–Trinajstić information content (AvgIpc) is 2.54. The quantitative estimate of drug-likeness (QED) is 0.428. The SMILES string of the molecule is Cc1cnc(C(=O)/C=C/c2ccc(OC(F)F)c(OC(F)F)c2)cn1. The molecule has 2 aromatic rings. The van der Waals surface area contributed by atoms with Gasteiger partial charge in [-0.3, -0.25) is 9.78 Å². The van der Waals surface area contributed by atoms with Crippen LogP contribution in [-0.4, -0.2) is 29.0 Å². The maximum atomic E-state index is 12.4. The first-order valence-electron chi connectivity index (χ1n) is 6.90. The number of carbonyl (C=O) groups excluding carboxylic acids is 1. The second-order valence-electron chi connectivity index (χ2n) is 4.70. The van der Waals surface area contributed by atoms with Gasteiger partial charge in [0.2, 0.25) is 5.78 Å². The Balaban J connectivity index is 2.20. The van der Waals surface area contributed by atoms with Crippen LogP contribution in [0.3, 0.4) is 0 Å². The highest BCUT2D eigenvalue weighted by atomic mass is 19.3. The summed E-state index contributed by atoms with van der Waals surface area (Å²) in [4.78, 5) is 19.8. The number of alkyl halides is 4. The van der Waals surface area contributed by atoms with Crippen molar-refractivity contribution in [2.75, 3.05) is 0 Å². The average molecular weight is 356 g/mol. The minimum atomic E-state index is -3.22. The Morgan fingerprint density at radius 2 is 1.72 bits per heavy atom. The van der Waals surface area contributed by atoms with Crippen LogP contribution < -0.4 is 9.47 Å². The largest absolute Gasteiger partial charge is 0.431 e. The smallest absolute Gasteiger partial charge is 0.387 e. The number of aryl methyl sites for hydroxylation is 1. The first-order valence-corrected chi connectivity index (χ1v) is 6.90. The van der Waals surface area contributed by atoms with E-state index in [0.717, 1.165) is 18.2 Å². The number of ketones is 1. The van der Waals surface area contributed by atoms with Gasteiger partial charge in [0.05, 0.1) is 11.9 Å². The molecule has 0 unspecified atom stereocenters. The molecule has 0 N–H and O–H groups in total. The third-order valence-corrected chi connectivity index (χ3v) is 2.86. The summed E-state index contributed by atoms with van der Waals surface area (Å²) in [5, 5.41) is 0. The molecule has 1 aromatic carbocycles. The van der Waals surface area contributed by atoms with E-state index < -0.39 is 30.5 Å². The zero-order valence-electron chi connectivity index (χ0n) is 12.8. The van der Waals surface area contributed by atoms with Crippen molar-refractivity contribution in [3.8, 4) is 11.5 Å². The Morgan fingerprint density at radius 3 is 2.32 bits per heavy atom. The van der Waals surface area contributed by atoms with Crippen molar-refractivity contribution in [3.05, 3.63) is 53.6 Å². The van der Waals surface area contributed by atoms with Crippen molar-refractivity contribution < 1.29 is 31.8 Å². The topological polar surface area (TPSA) is 61.3 Å². The minimum absolute atomic E-state index is 0.101. The van der Waals surface area contributed by atoms with Gasteiger partial charge in [-0.25, -0.2) is 4.98 Å². The summed E-state index contributed by atoms with van der Waals surface area (Å²) in [5.41, 5.74) is 1.01. The molecule has 5 nitrogen and oxygen atoms in total. The van der Waals surface area contributed by atoms with Crippen LogP contribution in [0.5, 0.6) is 11.5 Å². The van der Waals surface area contributed by atoms with Crippen molar-refractivity contribution in [2.24, 2.45) is 0 Å². The van der Waals surface area contributed by atoms with Gasteiger partial charge in [0.15, 0.2) is 11.5 Å².